The summed E-state index contributed by atoms with van der Waals surface area (Å²) < 4.78 is 32.9. The maximum absolute atomic E-state index is 12.3. The largest absolute Gasteiger partial charge is 0.380 e. The van der Waals surface area contributed by atoms with Gasteiger partial charge in [0.15, 0.2) is 0 Å². The summed E-state index contributed by atoms with van der Waals surface area (Å²) in [6.45, 7) is 4.84. The van der Waals surface area contributed by atoms with Crippen LogP contribution in [0.5, 0.6) is 0 Å². The van der Waals surface area contributed by atoms with Crippen LogP contribution in [0.15, 0.2) is 0 Å². The molecule has 6 nitrogen and oxygen atoms in total. The van der Waals surface area contributed by atoms with E-state index in [1.54, 1.807) is 8.61 Å². The van der Waals surface area contributed by atoms with Gasteiger partial charge >= 0.3 is 0 Å². The van der Waals surface area contributed by atoms with E-state index >= 15 is 0 Å². The Labute approximate surface area is 96.7 Å². The van der Waals surface area contributed by atoms with Crippen LogP contribution in [0.2, 0.25) is 0 Å². The molecule has 16 heavy (non-hydrogen) atoms. The molecule has 0 bridgehead atoms. The molecular weight excluding hydrogens is 230 g/mol. The molecule has 1 N–H and O–H groups in total. The van der Waals surface area contributed by atoms with Gasteiger partial charge < -0.3 is 10.1 Å². The lowest BCUT2D eigenvalue weighted by atomic mass is 10.4. The monoisotopic (exact) mass is 249 g/mol. The van der Waals surface area contributed by atoms with E-state index in [0.29, 0.717) is 39.4 Å². The molecule has 2 aliphatic rings. The molecule has 2 aliphatic heterocycles. The summed E-state index contributed by atoms with van der Waals surface area (Å²) in [6, 6.07) is 0. The summed E-state index contributed by atoms with van der Waals surface area (Å²) in [5, 5.41) is 3.15. The molecular formula is C9H19N3O3S. The first kappa shape index (κ1) is 12.3. The standard InChI is InChI=1S/C9H19N3O3S/c13-16(14,12-5-2-10-3-6-12)11-4-1-8-15-9-7-11/h10H,1-9H2. The normalized spacial score (nSPS) is 26.5. The van der Waals surface area contributed by atoms with E-state index in [2.05, 4.69) is 5.32 Å². The van der Waals surface area contributed by atoms with Crippen molar-refractivity contribution < 1.29 is 13.2 Å². The third-order valence-electron chi connectivity index (χ3n) is 2.91. The molecule has 0 aromatic heterocycles. The van der Waals surface area contributed by atoms with Gasteiger partial charge in [0, 0.05) is 45.9 Å². The minimum Gasteiger partial charge on any atom is -0.380 e. The lowest BCUT2D eigenvalue weighted by Gasteiger charge is -2.31. The Morgan fingerprint density at radius 2 is 1.62 bits per heavy atom. The van der Waals surface area contributed by atoms with Crippen LogP contribution < -0.4 is 5.32 Å². The van der Waals surface area contributed by atoms with Gasteiger partial charge in [0.05, 0.1) is 6.61 Å². The second kappa shape index (κ2) is 5.42. The van der Waals surface area contributed by atoms with Crippen molar-refractivity contribution in [3.05, 3.63) is 0 Å². The Kier molecular flexibility index (Phi) is 4.15. The Morgan fingerprint density at radius 1 is 0.938 bits per heavy atom. The van der Waals surface area contributed by atoms with Crippen molar-refractivity contribution in [1.82, 2.24) is 13.9 Å². The lowest BCUT2D eigenvalue weighted by Crippen LogP contribution is -2.52. The average molecular weight is 249 g/mol. The molecule has 0 aromatic carbocycles. The van der Waals surface area contributed by atoms with Crippen molar-refractivity contribution in [2.75, 3.05) is 52.5 Å². The highest BCUT2D eigenvalue weighted by molar-refractivity contribution is 7.86. The number of ether oxygens (including phenoxy) is 1. The fourth-order valence-electron chi connectivity index (χ4n) is 1.99. The van der Waals surface area contributed by atoms with Gasteiger partial charge in [-0.1, -0.05) is 0 Å². The van der Waals surface area contributed by atoms with Gasteiger partial charge in [-0.05, 0) is 6.42 Å². The quantitative estimate of drug-likeness (QED) is 0.672. The number of nitrogens with one attached hydrogen (secondary N) is 1. The first-order valence-electron chi connectivity index (χ1n) is 5.75. The zero-order valence-electron chi connectivity index (χ0n) is 9.39. The van der Waals surface area contributed by atoms with Gasteiger partial charge in [0.2, 0.25) is 0 Å². The molecule has 94 valence electrons. The van der Waals surface area contributed by atoms with Crippen molar-refractivity contribution in [3.63, 3.8) is 0 Å². The molecule has 0 saturated carbocycles. The van der Waals surface area contributed by atoms with Gasteiger partial charge in [0.1, 0.15) is 0 Å². The molecule has 0 atom stereocenters. The summed E-state index contributed by atoms with van der Waals surface area (Å²) in [5.74, 6) is 0. The molecule has 0 spiro atoms. The van der Waals surface area contributed by atoms with Crippen molar-refractivity contribution in [2.24, 2.45) is 0 Å². The van der Waals surface area contributed by atoms with E-state index in [0.717, 1.165) is 19.5 Å². The minimum atomic E-state index is -3.26. The van der Waals surface area contributed by atoms with E-state index in [4.69, 9.17) is 4.74 Å². The van der Waals surface area contributed by atoms with E-state index in [9.17, 15) is 8.42 Å². The fraction of sp³-hybridized carbons (Fsp3) is 1.00. The predicted molar refractivity (Wildman–Crippen MR) is 60.4 cm³/mol. The highest BCUT2D eigenvalue weighted by Gasteiger charge is 2.30. The molecule has 0 aromatic rings. The molecule has 0 aliphatic carbocycles. The molecule has 2 heterocycles. The average Bonchev–Trinajstić information content (AvgIpc) is 2.59. The first-order valence-corrected chi connectivity index (χ1v) is 7.14. The zero-order valence-corrected chi connectivity index (χ0v) is 10.2. The van der Waals surface area contributed by atoms with Crippen molar-refractivity contribution in [2.45, 2.75) is 6.42 Å². The second-order valence-electron chi connectivity index (χ2n) is 4.02. The Balaban J connectivity index is 2.03. The highest BCUT2D eigenvalue weighted by Crippen LogP contribution is 2.11. The molecule has 2 fully saturated rings. The smallest absolute Gasteiger partial charge is 0.282 e. The fourth-order valence-corrected chi connectivity index (χ4v) is 3.63. The maximum Gasteiger partial charge on any atom is 0.282 e. The van der Waals surface area contributed by atoms with Gasteiger partial charge in [-0.3, -0.25) is 0 Å². The summed E-state index contributed by atoms with van der Waals surface area (Å²) in [6.07, 6.45) is 0.783. The van der Waals surface area contributed by atoms with Crippen molar-refractivity contribution in [3.8, 4) is 0 Å². The third-order valence-corrected chi connectivity index (χ3v) is 4.95. The minimum absolute atomic E-state index is 0.478. The highest BCUT2D eigenvalue weighted by atomic mass is 32.2. The van der Waals surface area contributed by atoms with Crippen LogP contribution in [-0.4, -0.2) is 69.5 Å². The summed E-state index contributed by atoms with van der Waals surface area (Å²) in [4.78, 5) is 0. The molecule has 7 heteroatoms. The lowest BCUT2D eigenvalue weighted by molar-refractivity contribution is 0.147. The molecule has 2 rings (SSSR count). The maximum atomic E-state index is 12.3. The Morgan fingerprint density at radius 3 is 2.38 bits per heavy atom. The predicted octanol–water partition coefficient (Wildman–Crippen LogP) is -1.14. The number of hydrogen-bond donors (Lipinski definition) is 1. The zero-order chi connectivity index (χ0) is 11.4. The molecule has 0 radical (unpaired) electrons. The van der Waals surface area contributed by atoms with Crippen LogP contribution in [0, 0.1) is 0 Å². The van der Waals surface area contributed by atoms with Crippen LogP contribution in [0.1, 0.15) is 6.42 Å². The number of piperazine rings is 1. The summed E-state index contributed by atoms with van der Waals surface area (Å²) in [5.41, 5.74) is 0. The van der Waals surface area contributed by atoms with E-state index in [1.807, 2.05) is 0 Å². The Bertz CT molecular complexity index is 306. The van der Waals surface area contributed by atoms with Crippen LogP contribution >= 0.6 is 0 Å². The van der Waals surface area contributed by atoms with E-state index < -0.39 is 10.2 Å². The van der Waals surface area contributed by atoms with Crippen LogP contribution in [-0.2, 0) is 14.9 Å². The second-order valence-corrected chi connectivity index (χ2v) is 5.95. The van der Waals surface area contributed by atoms with Crippen molar-refractivity contribution >= 4 is 10.2 Å². The van der Waals surface area contributed by atoms with Gasteiger partial charge in [-0.25, -0.2) is 0 Å². The van der Waals surface area contributed by atoms with Gasteiger partial charge in [-0.2, -0.15) is 17.0 Å². The van der Waals surface area contributed by atoms with Crippen LogP contribution in [0.25, 0.3) is 0 Å². The molecule has 2 saturated heterocycles. The number of nitrogens with zero attached hydrogens (tertiary/aromatic N) is 2. The first-order chi connectivity index (χ1) is 7.71. The van der Waals surface area contributed by atoms with Gasteiger partial charge in [0.25, 0.3) is 10.2 Å². The number of hydrogen-bond acceptors (Lipinski definition) is 4. The summed E-state index contributed by atoms with van der Waals surface area (Å²) >= 11 is 0. The third kappa shape index (κ3) is 2.72. The molecule has 0 amide bonds. The van der Waals surface area contributed by atoms with Gasteiger partial charge in [-0.15, -0.1) is 0 Å². The van der Waals surface area contributed by atoms with Crippen LogP contribution in [0.3, 0.4) is 0 Å². The Hall–Kier alpha value is -0.210. The SMILES string of the molecule is O=S(=O)(N1CCNCC1)N1CCCOCC1. The van der Waals surface area contributed by atoms with E-state index in [-0.39, 0.29) is 0 Å². The molecule has 0 unspecified atom stereocenters. The van der Waals surface area contributed by atoms with Crippen molar-refractivity contribution in [1.29, 1.82) is 0 Å². The summed E-state index contributed by atoms with van der Waals surface area (Å²) in [7, 11) is -3.26. The topological polar surface area (TPSA) is 61.9 Å². The number of rotatable bonds is 2. The van der Waals surface area contributed by atoms with E-state index in [1.165, 1.54) is 0 Å². The van der Waals surface area contributed by atoms with Crippen LogP contribution in [0.4, 0.5) is 0 Å².